The number of thioether (sulfide) groups is 1. The molecule has 1 N–H and O–H groups in total. The summed E-state index contributed by atoms with van der Waals surface area (Å²) in [7, 11) is 1.83. The minimum Gasteiger partial charge on any atom is -0.306 e. The van der Waals surface area contributed by atoms with Gasteiger partial charge in [-0.1, -0.05) is 12.1 Å². The lowest BCUT2D eigenvalue weighted by Crippen LogP contribution is -2.08. The molecule has 0 unspecified atom stereocenters. The SMILES string of the molecule is CSc1ccc(-c2nc(-c3cnn(C)c3)cc(=O)[nH]2)cc1. The van der Waals surface area contributed by atoms with Gasteiger partial charge >= 0.3 is 0 Å². The van der Waals surface area contributed by atoms with Crippen LogP contribution in [0.15, 0.2) is 52.4 Å². The van der Waals surface area contributed by atoms with Gasteiger partial charge in [0.1, 0.15) is 5.82 Å². The first kappa shape index (κ1) is 13.6. The number of nitrogens with one attached hydrogen (secondary N) is 1. The molecule has 1 aromatic carbocycles. The Bertz CT molecular complexity index is 820. The van der Waals surface area contributed by atoms with Crippen molar-refractivity contribution in [3.63, 3.8) is 0 Å². The lowest BCUT2D eigenvalue weighted by atomic mass is 10.2. The molecule has 2 heterocycles. The minimum absolute atomic E-state index is 0.173. The van der Waals surface area contributed by atoms with Crippen molar-refractivity contribution in [2.24, 2.45) is 7.05 Å². The number of H-pyrrole nitrogens is 1. The van der Waals surface area contributed by atoms with Gasteiger partial charge in [0.2, 0.25) is 0 Å². The zero-order chi connectivity index (χ0) is 14.8. The molecule has 21 heavy (non-hydrogen) atoms. The van der Waals surface area contributed by atoms with Crippen LogP contribution in [0.5, 0.6) is 0 Å². The number of aromatic nitrogens is 4. The molecule has 3 rings (SSSR count). The second-order valence-corrected chi connectivity index (χ2v) is 5.49. The van der Waals surface area contributed by atoms with Gasteiger partial charge in [-0.2, -0.15) is 5.10 Å². The number of nitrogens with zero attached hydrogens (tertiary/aromatic N) is 3. The quantitative estimate of drug-likeness (QED) is 0.755. The summed E-state index contributed by atoms with van der Waals surface area (Å²) < 4.78 is 1.69. The Morgan fingerprint density at radius 3 is 2.57 bits per heavy atom. The molecular formula is C15H14N4OS. The van der Waals surface area contributed by atoms with Crippen molar-refractivity contribution in [3.8, 4) is 22.6 Å². The van der Waals surface area contributed by atoms with Crippen LogP contribution in [0.2, 0.25) is 0 Å². The molecule has 3 aromatic rings. The maximum absolute atomic E-state index is 11.9. The highest BCUT2D eigenvalue weighted by Gasteiger charge is 2.07. The van der Waals surface area contributed by atoms with Crippen LogP contribution in [0.25, 0.3) is 22.6 Å². The maximum atomic E-state index is 11.9. The summed E-state index contributed by atoms with van der Waals surface area (Å²) in [5.41, 5.74) is 2.16. The van der Waals surface area contributed by atoms with Crippen molar-refractivity contribution in [1.29, 1.82) is 0 Å². The molecule has 106 valence electrons. The monoisotopic (exact) mass is 298 g/mol. The van der Waals surface area contributed by atoms with E-state index >= 15 is 0 Å². The second kappa shape index (κ2) is 5.57. The summed E-state index contributed by atoms with van der Waals surface area (Å²) in [4.78, 5) is 20.3. The predicted octanol–water partition coefficient (Wildman–Crippen LogP) is 2.56. The zero-order valence-corrected chi connectivity index (χ0v) is 12.5. The number of hydrogen-bond acceptors (Lipinski definition) is 4. The van der Waals surface area contributed by atoms with Crippen molar-refractivity contribution in [3.05, 3.63) is 53.1 Å². The van der Waals surface area contributed by atoms with E-state index in [4.69, 9.17) is 0 Å². The Morgan fingerprint density at radius 1 is 1.19 bits per heavy atom. The standard InChI is InChI=1S/C15H14N4OS/c1-19-9-11(8-16-19)13-7-14(20)18-15(17-13)10-3-5-12(21-2)6-4-10/h3-9H,1-2H3,(H,17,18,20). The number of benzene rings is 1. The third kappa shape index (κ3) is 2.90. The van der Waals surface area contributed by atoms with E-state index in [2.05, 4.69) is 15.1 Å². The molecule has 0 atom stereocenters. The van der Waals surface area contributed by atoms with E-state index in [1.54, 1.807) is 22.6 Å². The van der Waals surface area contributed by atoms with Crippen LogP contribution in [0.4, 0.5) is 0 Å². The molecule has 2 aromatic heterocycles. The molecule has 0 amide bonds. The zero-order valence-electron chi connectivity index (χ0n) is 11.7. The lowest BCUT2D eigenvalue weighted by Gasteiger charge is -2.04. The molecule has 0 fully saturated rings. The van der Waals surface area contributed by atoms with Gasteiger partial charge in [0.05, 0.1) is 11.9 Å². The van der Waals surface area contributed by atoms with Gasteiger partial charge in [0, 0.05) is 35.3 Å². The highest BCUT2D eigenvalue weighted by atomic mass is 32.2. The van der Waals surface area contributed by atoms with Gasteiger partial charge in [0.15, 0.2) is 0 Å². The molecule has 0 radical (unpaired) electrons. The van der Waals surface area contributed by atoms with E-state index in [1.807, 2.05) is 43.8 Å². The van der Waals surface area contributed by atoms with Gasteiger partial charge in [-0.3, -0.25) is 9.48 Å². The molecule has 0 aliphatic rings. The Labute approximate surface area is 126 Å². The Hall–Kier alpha value is -2.34. The first-order valence-electron chi connectivity index (χ1n) is 6.40. The molecule has 0 aliphatic carbocycles. The topological polar surface area (TPSA) is 63.6 Å². The van der Waals surface area contributed by atoms with E-state index in [0.29, 0.717) is 11.5 Å². The average Bonchev–Trinajstić information content (AvgIpc) is 2.93. The fraction of sp³-hybridized carbons (Fsp3) is 0.133. The Morgan fingerprint density at radius 2 is 1.95 bits per heavy atom. The molecule has 0 spiro atoms. The van der Waals surface area contributed by atoms with Crippen LogP contribution in [0.1, 0.15) is 0 Å². The third-order valence-electron chi connectivity index (χ3n) is 3.11. The fourth-order valence-corrected chi connectivity index (χ4v) is 2.45. The predicted molar refractivity (Wildman–Crippen MR) is 84.3 cm³/mol. The number of aromatic amines is 1. The summed E-state index contributed by atoms with van der Waals surface area (Å²) in [6.45, 7) is 0. The smallest absolute Gasteiger partial charge is 0.251 e. The number of hydrogen-bond donors (Lipinski definition) is 1. The van der Waals surface area contributed by atoms with E-state index in [0.717, 1.165) is 11.1 Å². The van der Waals surface area contributed by atoms with Crippen LogP contribution >= 0.6 is 11.8 Å². The Kier molecular flexibility index (Phi) is 3.62. The third-order valence-corrected chi connectivity index (χ3v) is 3.85. The van der Waals surface area contributed by atoms with Crippen LogP contribution in [0.3, 0.4) is 0 Å². The Balaban J connectivity index is 2.06. The first-order valence-corrected chi connectivity index (χ1v) is 7.63. The molecular weight excluding hydrogens is 284 g/mol. The largest absolute Gasteiger partial charge is 0.306 e. The second-order valence-electron chi connectivity index (χ2n) is 4.61. The van der Waals surface area contributed by atoms with Crippen LogP contribution in [-0.2, 0) is 7.05 Å². The van der Waals surface area contributed by atoms with Crippen molar-refractivity contribution >= 4 is 11.8 Å². The lowest BCUT2D eigenvalue weighted by molar-refractivity contribution is 0.768. The summed E-state index contributed by atoms with van der Waals surface area (Å²) in [5, 5.41) is 4.11. The molecule has 5 nitrogen and oxygen atoms in total. The van der Waals surface area contributed by atoms with E-state index in [-0.39, 0.29) is 5.56 Å². The summed E-state index contributed by atoms with van der Waals surface area (Å²) in [6.07, 6.45) is 5.56. The fourth-order valence-electron chi connectivity index (χ4n) is 2.04. The summed E-state index contributed by atoms with van der Waals surface area (Å²) in [5.74, 6) is 0.564. The summed E-state index contributed by atoms with van der Waals surface area (Å²) >= 11 is 1.68. The normalized spacial score (nSPS) is 10.8. The van der Waals surface area contributed by atoms with Gasteiger partial charge in [-0.05, 0) is 18.4 Å². The molecule has 0 aliphatic heterocycles. The minimum atomic E-state index is -0.173. The van der Waals surface area contributed by atoms with E-state index in [1.165, 1.54) is 11.0 Å². The van der Waals surface area contributed by atoms with Crippen LogP contribution in [0, 0.1) is 0 Å². The van der Waals surface area contributed by atoms with Gasteiger partial charge < -0.3 is 4.98 Å². The van der Waals surface area contributed by atoms with Crippen molar-refractivity contribution < 1.29 is 0 Å². The highest BCUT2D eigenvalue weighted by Crippen LogP contribution is 2.22. The summed E-state index contributed by atoms with van der Waals surface area (Å²) in [6, 6.07) is 9.42. The van der Waals surface area contributed by atoms with Crippen molar-refractivity contribution in [2.75, 3.05) is 6.26 Å². The number of rotatable bonds is 3. The molecule has 6 heteroatoms. The van der Waals surface area contributed by atoms with Crippen LogP contribution < -0.4 is 5.56 Å². The average molecular weight is 298 g/mol. The first-order chi connectivity index (χ1) is 10.2. The van der Waals surface area contributed by atoms with Crippen molar-refractivity contribution in [1.82, 2.24) is 19.7 Å². The van der Waals surface area contributed by atoms with Gasteiger partial charge in [-0.25, -0.2) is 4.98 Å². The number of aryl methyl sites for hydroxylation is 1. The highest BCUT2D eigenvalue weighted by molar-refractivity contribution is 7.98. The van der Waals surface area contributed by atoms with Gasteiger partial charge in [-0.15, -0.1) is 11.8 Å². The molecule has 0 bridgehead atoms. The van der Waals surface area contributed by atoms with Crippen LogP contribution in [-0.4, -0.2) is 26.0 Å². The molecule has 0 saturated heterocycles. The van der Waals surface area contributed by atoms with Gasteiger partial charge in [0.25, 0.3) is 5.56 Å². The van der Waals surface area contributed by atoms with E-state index < -0.39 is 0 Å². The van der Waals surface area contributed by atoms with Crippen molar-refractivity contribution in [2.45, 2.75) is 4.90 Å². The maximum Gasteiger partial charge on any atom is 0.251 e. The van der Waals surface area contributed by atoms with E-state index in [9.17, 15) is 4.79 Å². The molecule has 0 saturated carbocycles.